The Bertz CT molecular complexity index is 1310. The van der Waals surface area contributed by atoms with E-state index in [1.54, 1.807) is 0 Å². The van der Waals surface area contributed by atoms with E-state index >= 15 is 0 Å². The fraction of sp³-hybridized carbons (Fsp3) is 0.350. The zero-order valence-corrected chi connectivity index (χ0v) is 18.1. The van der Waals surface area contributed by atoms with E-state index in [9.17, 15) is 26.9 Å². The highest BCUT2D eigenvalue weighted by Crippen LogP contribution is 2.42. The van der Waals surface area contributed by atoms with Gasteiger partial charge < -0.3 is 4.57 Å². The van der Waals surface area contributed by atoms with Crippen LogP contribution in [0.5, 0.6) is 0 Å². The van der Waals surface area contributed by atoms with Crippen molar-refractivity contribution in [2.24, 2.45) is 0 Å². The Morgan fingerprint density at radius 3 is 2.44 bits per heavy atom. The van der Waals surface area contributed by atoms with Crippen molar-refractivity contribution in [1.82, 2.24) is 19.3 Å². The van der Waals surface area contributed by atoms with Crippen LogP contribution in [0.4, 0.5) is 13.2 Å². The first-order chi connectivity index (χ1) is 15.3. The summed E-state index contributed by atoms with van der Waals surface area (Å²) < 4.78 is 68.0. The van der Waals surface area contributed by atoms with Gasteiger partial charge in [0.15, 0.2) is 5.82 Å². The van der Waals surface area contributed by atoms with Crippen LogP contribution in [0.2, 0.25) is 5.02 Å². The molecule has 0 aliphatic heterocycles. The smallest absolute Gasteiger partial charge is 0.244 e. The minimum Gasteiger partial charge on any atom is -0.334 e. The average molecular weight is 484 g/mol. The summed E-state index contributed by atoms with van der Waals surface area (Å²) in [5.41, 5.74) is 1.03. The van der Waals surface area contributed by atoms with Gasteiger partial charge in [0.1, 0.15) is 35.8 Å². The SMILES string of the molecule is N#Cc1c(-c2ncc(S(=O)(=O)NC(CF)CF)cn2)n(C2CCC2)c2cc(Cl)c(F)cc12. The highest BCUT2D eigenvalue weighted by atomic mass is 35.5. The van der Waals surface area contributed by atoms with Crippen LogP contribution < -0.4 is 4.72 Å². The van der Waals surface area contributed by atoms with Gasteiger partial charge in [-0.05, 0) is 31.4 Å². The molecule has 0 bridgehead atoms. The van der Waals surface area contributed by atoms with Gasteiger partial charge >= 0.3 is 0 Å². The lowest BCUT2D eigenvalue weighted by Crippen LogP contribution is -2.38. The van der Waals surface area contributed by atoms with E-state index in [4.69, 9.17) is 11.6 Å². The summed E-state index contributed by atoms with van der Waals surface area (Å²) in [7, 11) is -4.25. The fourth-order valence-electron chi connectivity index (χ4n) is 3.63. The predicted molar refractivity (Wildman–Crippen MR) is 112 cm³/mol. The number of halogens is 4. The molecule has 32 heavy (non-hydrogen) atoms. The summed E-state index contributed by atoms with van der Waals surface area (Å²) in [6.07, 6.45) is 4.64. The van der Waals surface area contributed by atoms with Crippen molar-refractivity contribution in [3.05, 3.63) is 40.9 Å². The molecule has 0 amide bonds. The third kappa shape index (κ3) is 3.83. The normalized spacial score (nSPS) is 14.6. The van der Waals surface area contributed by atoms with Crippen LogP contribution in [-0.4, -0.2) is 42.3 Å². The van der Waals surface area contributed by atoms with Crippen molar-refractivity contribution >= 4 is 32.5 Å². The number of benzene rings is 1. The lowest BCUT2D eigenvalue weighted by molar-refractivity contribution is 0.323. The number of hydrogen-bond acceptors (Lipinski definition) is 5. The van der Waals surface area contributed by atoms with Crippen LogP contribution >= 0.6 is 11.6 Å². The summed E-state index contributed by atoms with van der Waals surface area (Å²) in [6, 6.07) is 3.22. The lowest BCUT2D eigenvalue weighted by Gasteiger charge is -2.29. The Morgan fingerprint density at radius 1 is 1.25 bits per heavy atom. The molecule has 0 radical (unpaired) electrons. The quantitative estimate of drug-likeness (QED) is 0.546. The van der Waals surface area contributed by atoms with Crippen molar-refractivity contribution in [2.75, 3.05) is 13.3 Å². The first-order valence-electron chi connectivity index (χ1n) is 9.70. The Labute approximate surface area is 186 Å². The minimum atomic E-state index is -4.25. The Balaban J connectivity index is 1.84. The van der Waals surface area contributed by atoms with E-state index in [0.717, 1.165) is 31.7 Å². The fourth-order valence-corrected chi connectivity index (χ4v) is 4.87. The predicted octanol–water partition coefficient (Wildman–Crippen LogP) is 4.07. The molecule has 0 spiro atoms. The molecule has 1 saturated carbocycles. The standard InChI is InChI=1S/C20H17ClF3N5O2S/c21-16-5-18-14(4-17(16)24)15(8-25)19(29(18)12-2-1-3-12)20-26-9-13(10-27-20)32(30,31)28-11(6-22)7-23/h4-5,9-12,28H,1-3,6-7H2. The number of rotatable bonds is 7. The largest absolute Gasteiger partial charge is 0.334 e. The topological polar surface area (TPSA) is 101 Å². The van der Waals surface area contributed by atoms with E-state index < -0.39 is 35.2 Å². The van der Waals surface area contributed by atoms with Crippen molar-refractivity contribution in [3.8, 4) is 17.6 Å². The first-order valence-corrected chi connectivity index (χ1v) is 11.6. The van der Waals surface area contributed by atoms with Gasteiger partial charge in [-0.25, -0.2) is 36.3 Å². The number of nitrogens with zero attached hydrogens (tertiary/aromatic N) is 4. The molecular formula is C20H17ClF3N5O2S. The second-order valence-electron chi connectivity index (χ2n) is 7.44. The van der Waals surface area contributed by atoms with Gasteiger partial charge in [0, 0.05) is 11.4 Å². The van der Waals surface area contributed by atoms with E-state index in [1.165, 1.54) is 12.1 Å². The molecule has 0 unspecified atom stereocenters. The molecule has 168 valence electrons. The number of nitrogens with one attached hydrogen (secondary N) is 1. The van der Waals surface area contributed by atoms with Gasteiger partial charge in [0.05, 0.1) is 34.5 Å². The van der Waals surface area contributed by atoms with Gasteiger partial charge in [0.2, 0.25) is 10.0 Å². The summed E-state index contributed by atoms with van der Waals surface area (Å²) in [5.74, 6) is -0.607. The zero-order chi connectivity index (χ0) is 23.0. The minimum absolute atomic E-state index is 0.0275. The van der Waals surface area contributed by atoms with Crippen LogP contribution in [0, 0.1) is 17.1 Å². The zero-order valence-electron chi connectivity index (χ0n) is 16.5. The molecule has 3 aromatic rings. The molecule has 0 atom stereocenters. The number of sulfonamides is 1. The molecule has 7 nitrogen and oxygen atoms in total. The second-order valence-corrected chi connectivity index (χ2v) is 9.56. The number of nitriles is 1. The number of aromatic nitrogens is 3. The first kappa shape index (κ1) is 22.5. The third-order valence-electron chi connectivity index (χ3n) is 5.44. The van der Waals surface area contributed by atoms with E-state index in [2.05, 4.69) is 16.0 Å². The van der Waals surface area contributed by atoms with Crippen molar-refractivity contribution in [1.29, 1.82) is 5.26 Å². The molecule has 12 heteroatoms. The highest BCUT2D eigenvalue weighted by molar-refractivity contribution is 7.89. The van der Waals surface area contributed by atoms with Crippen LogP contribution in [0.3, 0.4) is 0 Å². The Kier molecular flexibility index (Phi) is 6.11. The number of fused-ring (bicyclic) bond motifs is 1. The van der Waals surface area contributed by atoms with Crippen molar-refractivity contribution < 1.29 is 21.6 Å². The summed E-state index contributed by atoms with van der Waals surface area (Å²) in [4.78, 5) is 7.83. The van der Waals surface area contributed by atoms with E-state index in [-0.39, 0.29) is 27.3 Å². The maximum Gasteiger partial charge on any atom is 0.244 e. The van der Waals surface area contributed by atoms with Crippen LogP contribution in [0.1, 0.15) is 30.9 Å². The summed E-state index contributed by atoms with van der Waals surface area (Å²) in [5, 5.41) is 10.1. The number of alkyl halides is 2. The molecule has 1 N–H and O–H groups in total. The van der Waals surface area contributed by atoms with Gasteiger partial charge in [-0.3, -0.25) is 0 Å². The van der Waals surface area contributed by atoms with E-state index in [0.29, 0.717) is 16.6 Å². The molecule has 1 aliphatic carbocycles. The van der Waals surface area contributed by atoms with Crippen LogP contribution in [0.25, 0.3) is 22.4 Å². The average Bonchev–Trinajstić information content (AvgIpc) is 3.04. The van der Waals surface area contributed by atoms with Gasteiger partial charge in [0.25, 0.3) is 0 Å². The highest BCUT2D eigenvalue weighted by Gasteiger charge is 2.30. The Hall–Kier alpha value is -2.68. The Morgan fingerprint density at radius 2 is 1.91 bits per heavy atom. The summed E-state index contributed by atoms with van der Waals surface area (Å²) >= 11 is 5.98. The number of hydrogen-bond donors (Lipinski definition) is 1. The van der Waals surface area contributed by atoms with Crippen LogP contribution in [0.15, 0.2) is 29.4 Å². The molecule has 2 aromatic heterocycles. The molecule has 2 heterocycles. The molecule has 4 rings (SSSR count). The monoisotopic (exact) mass is 483 g/mol. The van der Waals surface area contributed by atoms with Gasteiger partial charge in [-0.2, -0.15) is 5.26 Å². The van der Waals surface area contributed by atoms with E-state index in [1.807, 2.05) is 9.29 Å². The molecule has 1 aliphatic rings. The van der Waals surface area contributed by atoms with Gasteiger partial charge in [-0.1, -0.05) is 11.6 Å². The molecule has 1 aromatic carbocycles. The molecule has 0 saturated heterocycles. The van der Waals surface area contributed by atoms with Gasteiger partial charge in [-0.15, -0.1) is 0 Å². The lowest BCUT2D eigenvalue weighted by atomic mass is 9.92. The summed E-state index contributed by atoms with van der Waals surface area (Å²) in [6.45, 7) is -2.42. The second kappa shape index (κ2) is 8.69. The maximum absolute atomic E-state index is 14.1. The van der Waals surface area contributed by atoms with Crippen molar-refractivity contribution in [3.63, 3.8) is 0 Å². The van der Waals surface area contributed by atoms with Crippen molar-refractivity contribution in [2.45, 2.75) is 36.2 Å². The maximum atomic E-state index is 14.1. The third-order valence-corrected chi connectivity index (χ3v) is 7.21. The van der Waals surface area contributed by atoms with Crippen LogP contribution in [-0.2, 0) is 10.0 Å². The molecular weight excluding hydrogens is 467 g/mol. The molecule has 1 fully saturated rings.